The minimum Gasteiger partial charge on any atom is -0.394 e. The zero-order chi connectivity index (χ0) is 20.9. The number of aliphatic hydroxyl groups is 1. The molecule has 0 spiro atoms. The molecule has 0 amide bonds. The van der Waals surface area contributed by atoms with Crippen LogP contribution in [0.15, 0.2) is 65.8 Å². The molecule has 30 heavy (non-hydrogen) atoms. The highest BCUT2D eigenvalue weighted by Gasteiger charge is 2.14. The molecule has 160 valence electrons. The average molecular weight is 426 g/mol. The van der Waals surface area contributed by atoms with Crippen LogP contribution in [-0.4, -0.2) is 53.7 Å². The number of nitrogens with one attached hydrogen (secondary N) is 2. The van der Waals surface area contributed by atoms with Gasteiger partial charge in [0.2, 0.25) is 0 Å². The highest BCUT2D eigenvalue weighted by Crippen LogP contribution is 2.32. The molecule has 1 aromatic heterocycles. The van der Waals surface area contributed by atoms with Crippen LogP contribution in [0.2, 0.25) is 0 Å². The van der Waals surface area contributed by atoms with Gasteiger partial charge in [-0.05, 0) is 19.4 Å². The van der Waals surface area contributed by atoms with E-state index in [0.29, 0.717) is 13.2 Å². The number of H-pyrrole nitrogens is 1. The van der Waals surface area contributed by atoms with Crippen LogP contribution in [0.1, 0.15) is 19.3 Å². The molecule has 2 aromatic carbocycles. The number of benzene rings is 2. The highest BCUT2D eigenvalue weighted by molar-refractivity contribution is 7.99. The van der Waals surface area contributed by atoms with Gasteiger partial charge < -0.3 is 20.1 Å². The third-order valence-corrected chi connectivity index (χ3v) is 5.65. The fourth-order valence-electron chi connectivity index (χ4n) is 3.17. The Morgan fingerprint density at radius 3 is 2.33 bits per heavy atom. The molecule has 0 radical (unpaired) electrons. The summed E-state index contributed by atoms with van der Waals surface area (Å²) >= 11 is 1.79. The van der Waals surface area contributed by atoms with Gasteiger partial charge in [0.05, 0.1) is 31.2 Å². The van der Waals surface area contributed by atoms with Crippen molar-refractivity contribution >= 4 is 11.8 Å². The van der Waals surface area contributed by atoms with Crippen LogP contribution in [0.5, 0.6) is 0 Å². The number of aliphatic hydroxyl groups excluding tert-OH is 1. The number of rotatable bonds is 14. The maximum absolute atomic E-state index is 8.65. The Labute approximate surface area is 183 Å². The van der Waals surface area contributed by atoms with Crippen molar-refractivity contribution < 1.29 is 9.84 Å². The third kappa shape index (κ3) is 7.29. The van der Waals surface area contributed by atoms with Gasteiger partial charge in [0.25, 0.3) is 0 Å². The van der Waals surface area contributed by atoms with Gasteiger partial charge in [-0.1, -0.05) is 78.8 Å². The Morgan fingerprint density at radius 2 is 1.60 bits per heavy atom. The molecular formula is C24H31N3O2S. The van der Waals surface area contributed by atoms with Crippen molar-refractivity contribution in [1.82, 2.24) is 15.3 Å². The Hall–Kier alpha value is -2.12. The number of aromatic nitrogens is 2. The average Bonchev–Trinajstić information content (AvgIpc) is 3.23. The van der Waals surface area contributed by atoms with E-state index in [1.165, 1.54) is 6.42 Å². The van der Waals surface area contributed by atoms with Crippen molar-refractivity contribution in [3.63, 3.8) is 0 Å². The molecule has 3 rings (SSSR count). The predicted octanol–water partition coefficient (Wildman–Crippen LogP) is 4.60. The van der Waals surface area contributed by atoms with Crippen molar-refractivity contribution in [3.8, 4) is 22.5 Å². The van der Waals surface area contributed by atoms with E-state index in [1.54, 1.807) is 11.8 Å². The lowest BCUT2D eigenvalue weighted by Gasteiger charge is -2.05. The van der Waals surface area contributed by atoms with Crippen molar-refractivity contribution in [2.45, 2.75) is 24.4 Å². The minimum absolute atomic E-state index is 0.0903. The lowest BCUT2D eigenvalue weighted by atomic mass is 10.1. The van der Waals surface area contributed by atoms with E-state index in [0.717, 1.165) is 59.4 Å². The van der Waals surface area contributed by atoms with E-state index in [4.69, 9.17) is 14.8 Å². The van der Waals surface area contributed by atoms with E-state index in [9.17, 15) is 0 Å². The quantitative estimate of drug-likeness (QED) is 0.260. The number of aromatic amines is 1. The number of hydrogen-bond donors (Lipinski definition) is 3. The topological polar surface area (TPSA) is 70.2 Å². The molecule has 0 unspecified atom stereocenters. The lowest BCUT2D eigenvalue weighted by molar-refractivity contribution is 0.0939. The van der Waals surface area contributed by atoms with Crippen LogP contribution in [0.25, 0.3) is 22.5 Å². The second-order valence-electron chi connectivity index (χ2n) is 6.99. The molecule has 6 heteroatoms. The second kappa shape index (κ2) is 13.2. The van der Waals surface area contributed by atoms with Crippen LogP contribution in [0, 0.1) is 0 Å². The Kier molecular flexibility index (Phi) is 9.96. The molecule has 0 bridgehead atoms. The van der Waals surface area contributed by atoms with Crippen LogP contribution < -0.4 is 5.32 Å². The van der Waals surface area contributed by atoms with Crippen LogP contribution in [0.4, 0.5) is 0 Å². The molecule has 3 N–H and O–H groups in total. The zero-order valence-electron chi connectivity index (χ0n) is 17.3. The summed E-state index contributed by atoms with van der Waals surface area (Å²) in [5, 5.41) is 13.0. The van der Waals surface area contributed by atoms with Crippen LogP contribution >= 0.6 is 11.8 Å². The number of imidazole rings is 1. The molecule has 0 fully saturated rings. The van der Waals surface area contributed by atoms with Gasteiger partial charge in [-0.3, -0.25) is 0 Å². The Morgan fingerprint density at radius 1 is 0.867 bits per heavy atom. The summed E-state index contributed by atoms with van der Waals surface area (Å²) in [5.41, 5.74) is 4.38. The highest BCUT2D eigenvalue weighted by atomic mass is 32.2. The van der Waals surface area contributed by atoms with Crippen LogP contribution in [0.3, 0.4) is 0 Å². The molecular weight excluding hydrogens is 394 g/mol. The predicted molar refractivity (Wildman–Crippen MR) is 125 cm³/mol. The largest absolute Gasteiger partial charge is 0.394 e. The van der Waals surface area contributed by atoms with Crippen molar-refractivity contribution in [2.24, 2.45) is 0 Å². The molecule has 0 aliphatic rings. The van der Waals surface area contributed by atoms with Crippen molar-refractivity contribution in [3.05, 3.63) is 60.7 Å². The smallest absolute Gasteiger partial charge is 0.166 e. The van der Waals surface area contributed by atoms with Gasteiger partial charge in [0.15, 0.2) is 5.16 Å². The van der Waals surface area contributed by atoms with E-state index in [-0.39, 0.29) is 6.61 Å². The Bertz CT molecular complexity index is 783. The van der Waals surface area contributed by atoms with Gasteiger partial charge in [0.1, 0.15) is 0 Å². The summed E-state index contributed by atoms with van der Waals surface area (Å²) in [7, 11) is 0. The summed E-state index contributed by atoms with van der Waals surface area (Å²) in [5.74, 6) is 1.05. The number of unbranched alkanes of at least 4 members (excludes halogenated alkanes) is 2. The summed E-state index contributed by atoms with van der Waals surface area (Å²) < 4.78 is 5.23. The molecule has 1 heterocycles. The normalized spacial score (nSPS) is 11.1. The first kappa shape index (κ1) is 22.6. The maximum Gasteiger partial charge on any atom is 0.166 e. The molecule has 3 aromatic rings. The summed E-state index contributed by atoms with van der Waals surface area (Å²) in [6.45, 7) is 3.01. The van der Waals surface area contributed by atoms with Gasteiger partial charge in [-0.2, -0.15) is 0 Å². The van der Waals surface area contributed by atoms with Crippen molar-refractivity contribution in [1.29, 1.82) is 0 Å². The first-order valence-electron chi connectivity index (χ1n) is 10.6. The van der Waals surface area contributed by atoms with Crippen molar-refractivity contribution in [2.75, 3.05) is 38.7 Å². The summed E-state index contributed by atoms with van der Waals surface area (Å²) in [6, 6.07) is 20.8. The molecule has 0 aliphatic carbocycles. The maximum atomic E-state index is 8.65. The number of ether oxygens (including phenoxy) is 1. The van der Waals surface area contributed by atoms with Gasteiger partial charge in [0, 0.05) is 23.4 Å². The fraction of sp³-hybridized carbons (Fsp3) is 0.375. The monoisotopic (exact) mass is 425 g/mol. The standard InChI is InChI=1S/C24H31N3O2S/c28-16-18-29-17-15-25-14-8-3-9-19-30-24-26-22(20-10-4-1-5-11-20)23(27-24)21-12-6-2-7-13-21/h1-2,4-7,10-13,25,28H,3,8-9,14-19H2,(H,26,27). The Balaban J connectivity index is 1.46. The molecule has 0 saturated carbocycles. The number of thioether (sulfide) groups is 1. The van der Waals surface area contributed by atoms with Gasteiger partial charge in [-0.15, -0.1) is 0 Å². The fourth-order valence-corrected chi connectivity index (χ4v) is 4.04. The summed E-state index contributed by atoms with van der Waals surface area (Å²) in [4.78, 5) is 8.44. The first-order chi connectivity index (χ1) is 14.9. The van der Waals surface area contributed by atoms with E-state index >= 15 is 0 Å². The van der Waals surface area contributed by atoms with Gasteiger partial charge >= 0.3 is 0 Å². The third-order valence-electron chi connectivity index (χ3n) is 4.69. The lowest BCUT2D eigenvalue weighted by Crippen LogP contribution is -2.21. The SMILES string of the molecule is OCCOCCNCCCCCSc1nc(-c2ccccc2)c(-c2ccccc2)[nH]1. The molecule has 5 nitrogen and oxygen atoms in total. The molecule has 0 atom stereocenters. The molecule has 0 saturated heterocycles. The number of nitrogens with zero attached hydrogens (tertiary/aromatic N) is 1. The zero-order valence-corrected chi connectivity index (χ0v) is 18.2. The van der Waals surface area contributed by atoms with E-state index in [1.807, 2.05) is 12.1 Å². The van der Waals surface area contributed by atoms with Gasteiger partial charge in [-0.25, -0.2) is 4.98 Å². The van der Waals surface area contributed by atoms with E-state index in [2.05, 4.69) is 58.8 Å². The summed E-state index contributed by atoms with van der Waals surface area (Å²) in [6.07, 6.45) is 3.51. The van der Waals surface area contributed by atoms with Crippen LogP contribution in [-0.2, 0) is 4.74 Å². The van der Waals surface area contributed by atoms with E-state index < -0.39 is 0 Å². The number of hydrogen-bond acceptors (Lipinski definition) is 5. The minimum atomic E-state index is 0.0903. The molecule has 0 aliphatic heterocycles. The second-order valence-corrected chi connectivity index (χ2v) is 8.08. The first-order valence-corrected chi connectivity index (χ1v) is 11.6.